The first-order valence-electron chi connectivity index (χ1n) is 10.4. The zero-order valence-electron chi connectivity index (χ0n) is 18.1. The minimum absolute atomic E-state index is 0.00482. The van der Waals surface area contributed by atoms with Crippen LogP contribution < -0.4 is 16.0 Å². The van der Waals surface area contributed by atoms with Gasteiger partial charge in [0.2, 0.25) is 0 Å². The number of carbonyl (C=O) groups is 1. The van der Waals surface area contributed by atoms with Crippen molar-refractivity contribution in [2.24, 2.45) is 0 Å². The summed E-state index contributed by atoms with van der Waals surface area (Å²) in [5.74, 6) is -0.955. The fourth-order valence-electron chi connectivity index (χ4n) is 3.64. The highest BCUT2D eigenvalue weighted by atomic mass is 19.4. The van der Waals surface area contributed by atoms with Crippen LogP contribution in [0.15, 0.2) is 42.6 Å². The highest BCUT2D eigenvalue weighted by Crippen LogP contribution is 2.37. The largest absolute Gasteiger partial charge is 0.418 e. The molecule has 0 aliphatic carbocycles. The number of fused-ring (bicyclic) bond motifs is 1. The van der Waals surface area contributed by atoms with E-state index in [1.807, 2.05) is 20.8 Å². The molecule has 5 nitrogen and oxygen atoms in total. The van der Waals surface area contributed by atoms with Crippen LogP contribution >= 0.6 is 0 Å². The molecule has 3 rings (SSSR count). The van der Waals surface area contributed by atoms with Gasteiger partial charge in [-0.2, -0.15) is 13.2 Å². The van der Waals surface area contributed by atoms with Gasteiger partial charge in [-0.05, 0) is 56.4 Å². The van der Waals surface area contributed by atoms with Gasteiger partial charge in [-0.15, -0.1) is 0 Å². The second-order valence-electron chi connectivity index (χ2n) is 7.64. The van der Waals surface area contributed by atoms with E-state index in [2.05, 4.69) is 20.9 Å². The van der Waals surface area contributed by atoms with Gasteiger partial charge >= 0.3 is 6.18 Å². The Hall–Kier alpha value is -3.07. The Bertz CT molecular complexity index is 1020. The molecule has 0 saturated heterocycles. The van der Waals surface area contributed by atoms with E-state index >= 15 is 0 Å². The molecule has 1 aliphatic rings. The number of hydrogen-bond donors (Lipinski definition) is 3. The van der Waals surface area contributed by atoms with E-state index in [9.17, 15) is 22.4 Å². The van der Waals surface area contributed by atoms with Crippen LogP contribution in [0.2, 0.25) is 0 Å². The summed E-state index contributed by atoms with van der Waals surface area (Å²) in [6, 6.07) is 7.56. The lowest BCUT2D eigenvalue weighted by Crippen LogP contribution is -2.35. The van der Waals surface area contributed by atoms with E-state index in [4.69, 9.17) is 0 Å². The summed E-state index contributed by atoms with van der Waals surface area (Å²) in [6.45, 7) is 8.10. The number of rotatable bonds is 8. The van der Waals surface area contributed by atoms with Crippen molar-refractivity contribution in [1.29, 1.82) is 0 Å². The average Bonchev–Trinajstić information content (AvgIpc) is 3.04. The van der Waals surface area contributed by atoms with Crippen molar-refractivity contribution in [3.05, 3.63) is 59.5 Å². The van der Waals surface area contributed by atoms with Crippen LogP contribution in [0.3, 0.4) is 0 Å². The molecule has 32 heavy (non-hydrogen) atoms. The maximum atomic E-state index is 13.7. The summed E-state index contributed by atoms with van der Waals surface area (Å²) < 4.78 is 54.5. The minimum atomic E-state index is -4.56. The molecule has 0 radical (unpaired) electrons. The SMILES string of the molecule is CCN(CC)CC(C)Nc1ccc(NC=C2C(=O)Nc3cc(F)ccc32)cc1C(F)(F)F. The van der Waals surface area contributed by atoms with Gasteiger partial charge in [0, 0.05) is 35.7 Å². The van der Waals surface area contributed by atoms with Crippen LogP contribution in [-0.4, -0.2) is 36.5 Å². The molecule has 1 aliphatic heterocycles. The van der Waals surface area contributed by atoms with E-state index in [0.29, 0.717) is 17.8 Å². The third kappa shape index (κ3) is 5.40. The number of benzene rings is 2. The van der Waals surface area contributed by atoms with E-state index < -0.39 is 23.5 Å². The third-order valence-electron chi connectivity index (χ3n) is 5.30. The Kier molecular flexibility index (Phi) is 7.08. The summed E-state index contributed by atoms with van der Waals surface area (Å²) in [5, 5.41) is 8.26. The van der Waals surface area contributed by atoms with Gasteiger partial charge in [0.15, 0.2) is 0 Å². The summed E-state index contributed by atoms with van der Waals surface area (Å²) in [5.41, 5.74) is 0.378. The van der Waals surface area contributed by atoms with Gasteiger partial charge in [0.25, 0.3) is 5.91 Å². The summed E-state index contributed by atoms with van der Waals surface area (Å²) in [7, 11) is 0. The van der Waals surface area contributed by atoms with Gasteiger partial charge in [0.1, 0.15) is 5.82 Å². The average molecular weight is 450 g/mol. The fourth-order valence-corrected chi connectivity index (χ4v) is 3.64. The van der Waals surface area contributed by atoms with E-state index in [1.54, 1.807) is 0 Å². The van der Waals surface area contributed by atoms with Crippen molar-refractivity contribution in [3.63, 3.8) is 0 Å². The number of nitrogens with one attached hydrogen (secondary N) is 3. The molecule has 0 fully saturated rings. The van der Waals surface area contributed by atoms with Crippen LogP contribution in [0.5, 0.6) is 0 Å². The van der Waals surface area contributed by atoms with Gasteiger partial charge in [0.05, 0.1) is 16.8 Å². The molecule has 1 heterocycles. The molecular weight excluding hydrogens is 424 g/mol. The van der Waals surface area contributed by atoms with Gasteiger partial charge in [-0.1, -0.05) is 13.8 Å². The monoisotopic (exact) mass is 450 g/mol. The van der Waals surface area contributed by atoms with Crippen molar-refractivity contribution in [2.45, 2.75) is 33.0 Å². The first-order chi connectivity index (χ1) is 15.1. The van der Waals surface area contributed by atoms with Gasteiger partial charge in [-0.25, -0.2) is 4.39 Å². The van der Waals surface area contributed by atoms with Crippen molar-refractivity contribution in [2.75, 3.05) is 35.6 Å². The lowest BCUT2D eigenvalue weighted by molar-refractivity contribution is -0.137. The highest BCUT2D eigenvalue weighted by Gasteiger charge is 2.34. The Balaban J connectivity index is 1.82. The van der Waals surface area contributed by atoms with Crippen LogP contribution in [0.1, 0.15) is 31.9 Å². The van der Waals surface area contributed by atoms with Crippen molar-refractivity contribution in [1.82, 2.24) is 4.90 Å². The summed E-state index contributed by atoms with van der Waals surface area (Å²) in [4.78, 5) is 14.3. The van der Waals surface area contributed by atoms with Crippen LogP contribution in [0, 0.1) is 5.82 Å². The Labute approximate surface area is 184 Å². The third-order valence-corrected chi connectivity index (χ3v) is 5.30. The summed E-state index contributed by atoms with van der Waals surface area (Å²) in [6.07, 6.45) is -3.23. The standard InChI is InChI=1S/C23H26F4N4O/c1-4-31(5-2)13-14(3)29-20-9-7-16(11-19(20)23(25,26)27)28-12-18-17-8-6-15(24)10-21(17)30-22(18)32/h6-12,14,28-29H,4-5,13H2,1-3H3,(H,30,32). The normalized spacial score (nSPS) is 15.6. The van der Waals surface area contributed by atoms with E-state index in [-0.39, 0.29) is 23.0 Å². The molecule has 0 saturated carbocycles. The molecular formula is C23H26F4N4O. The van der Waals surface area contributed by atoms with E-state index in [1.165, 1.54) is 36.5 Å². The maximum absolute atomic E-state index is 13.7. The van der Waals surface area contributed by atoms with Crippen molar-refractivity contribution < 1.29 is 22.4 Å². The molecule has 172 valence electrons. The number of anilines is 3. The molecule has 3 N–H and O–H groups in total. The number of hydrogen-bond acceptors (Lipinski definition) is 4. The molecule has 2 aromatic carbocycles. The zero-order chi connectivity index (χ0) is 23.5. The first-order valence-corrected chi connectivity index (χ1v) is 10.4. The van der Waals surface area contributed by atoms with Gasteiger partial charge < -0.3 is 20.9 Å². The Morgan fingerprint density at radius 2 is 1.84 bits per heavy atom. The molecule has 1 unspecified atom stereocenters. The number of carbonyl (C=O) groups excluding carboxylic acids is 1. The number of likely N-dealkylation sites (N-methyl/N-ethyl adjacent to an activating group) is 1. The van der Waals surface area contributed by atoms with Crippen LogP contribution in [0.25, 0.3) is 5.57 Å². The molecule has 9 heteroatoms. The number of halogens is 4. The number of alkyl halides is 3. The predicted molar refractivity (Wildman–Crippen MR) is 119 cm³/mol. The maximum Gasteiger partial charge on any atom is 0.418 e. The summed E-state index contributed by atoms with van der Waals surface area (Å²) >= 11 is 0. The number of amides is 1. The second kappa shape index (κ2) is 9.60. The van der Waals surface area contributed by atoms with Gasteiger partial charge in [-0.3, -0.25) is 4.79 Å². The fraction of sp³-hybridized carbons (Fsp3) is 0.348. The smallest absolute Gasteiger partial charge is 0.381 e. The predicted octanol–water partition coefficient (Wildman–Crippen LogP) is 5.39. The van der Waals surface area contributed by atoms with E-state index in [0.717, 1.165) is 19.2 Å². The first kappa shape index (κ1) is 23.6. The lowest BCUT2D eigenvalue weighted by atomic mass is 10.1. The molecule has 0 aromatic heterocycles. The molecule has 1 amide bonds. The quantitative estimate of drug-likeness (QED) is 0.373. The lowest BCUT2D eigenvalue weighted by Gasteiger charge is -2.25. The Morgan fingerprint density at radius 1 is 1.12 bits per heavy atom. The second-order valence-corrected chi connectivity index (χ2v) is 7.64. The van der Waals surface area contributed by atoms with Crippen molar-refractivity contribution >= 4 is 28.5 Å². The highest BCUT2D eigenvalue weighted by molar-refractivity contribution is 6.31. The molecule has 0 spiro atoms. The zero-order valence-corrected chi connectivity index (χ0v) is 18.1. The van der Waals surface area contributed by atoms with Crippen molar-refractivity contribution in [3.8, 4) is 0 Å². The van der Waals surface area contributed by atoms with Crippen LogP contribution in [0.4, 0.5) is 34.6 Å². The topological polar surface area (TPSA) is 56.4 Å². The Morgan fingerprint density at radius 3 is 2.50 bits per heavy atom. The molecule has 2 aromatic rings. The number of nitrogens with zero attached hydrogens (tertiary/aromatic N) is 1. The minimum Gasteiger partial charge on any atom is -0.381 e. The molecule has 1 atom stereocenters. The van der Waals surface area contributed by atoms with Crippen LogP contribution in [-0.2, 0) is 11.0 Å². The molecule has 0 bridgehead atoms.